The molecule has 17 heavy (non-hydrogen) atoms. The Morgan fingerprint density at radius 2 is 1.71 bits per heavy atom. The summed E-state index contributed by atoms with van der Waals surface area (Å²) in [5, 5.41) is 0. The van der Waals surface area contributed by atoms with Crippen molar-refractivity contribution < 1.29 is 4.79 Å². The smallest absolute Gasteiger partial charge is 0.226 e. The zero-order valence-corrected chi connectivity index (χ0v) is 11.4. The largest absolute Gasteiger partial charge is 0.342 e. The summed E-state index contributed by atoms with van der Waals surface area (Å²) < 4.78 is 0. The van der Waals surface area contributed by atoms with Gasteiger partial charge in [0.1, 0.15) is 0 Å². The number of carbonyl (C=O) groups excluding carboxylic acids is 1. The molecule has 0 aromatic carbocycles. The SMILES string of the molecule is Cl.NC[C@H]1CCC[C@H]1C(=O)N1CCCCCC1. The summed E-state index contributed by atoms with van der Waals surface area (Å²) in [7, 11) is 0. The molecule has 1 saturated carbocycles. The lowest BCUT2D eigenvalue weighted by atomic mass is 9.94. The molecule has 2 atom stereocenters. The van der Waals surface area contributed by atoms with Crippen molar-refractivity contribution in [3.8, 4) is 0 Å². The Balaban J connectivity index is 0.00000144. The van der Waals surface area contributed by atoms with Crippen LogP contribution in [0.4, 0.5) is 0 Å². The number of halogens is 1. The standard InChI is InChI=1S/C13H24N2O.ClH/c14-10-11-6-5-7-12(11)13(16)15-8-3-1-2-4-9-15;/h11-12H,1-10,14H2;1H/t11-,12-;/m1./s1. The Morgan fingerprint density at radius 1 is 1.06 bits per heavy atom. The number of likely N-dealkylation sites (tertiary alicyclic amines) is 1. The highest BCUT2D eigenvalue weighted by molar-refractivity contribution is 5.85. The molecule has 2 fully saturated rings. The molecule has 2 rings (SSSR count). The van der Waals surface area contributed by atoms with Crippen molar-refractivity contribution in [1.82, 2.24) is 4.90 Å². The highest BCUT2D eigenvalue weighted by atomic mass is 35.5. The van der Waals surface area contributed by atoms with Crippen LogP contribution in [0.2, 0.25) is 0 Å². The van der Waals surface area contributed by atoms with E-state index in [2.05, 4.69) is 4.90 Å². The van der Waals surface area contributed by atoms with E-state index >= 15 is 0 Å². The van der Waals surface area contributed by atoms with Gasteiger partial charge in [-0.3, -0.25) is 4.79 Å². The maximum Gasteiger partial charge on any atom is 0.226 e. The van der Waals surface area contributed by atoms with Crippen LogP contribution in [0.15, 0.2) is 0 Å². The van der Waals surface area contributed by atoms with Crippen LogP contribution in [-0.4, -0.2) is 30.4 Å². The van der Waals surface area contributed by atoms with Gasteiger partial charge in [0.05, 0.1) is 0 Å². The minimum absolute atomic E-state index is 0. The second-order valence-electron chi connectivity index (χ2n) is 5.27. The number of carbonyl (C=O) groups is 1. The molecular formula is C13H25ClN2O. The van der Waals surface area contributed by atoms with Crippen molar-refractivity contribution in [2.45, 2.75) is 44.9 Å². The lowest BCUT2D eigenvalue weighted by Crippen LogP contribution is -2.39. The average molecular weight is 261 g/mol. The molecule has 2 aliphatic rings. The van der Waals surface area contributed by atoms with Gasteiger partial charge in [0.25, 0.3) is 0 Å². The summed E-state index contributed by atoms with van der Waals surface area (Å²) in [5.41, 5.74) is 5.75. The van der Waals surface area contributed by atoms with E-state index in [-0.39, 0.29) is 18.3 Å². The van der Waals surface area contributed by atoms with Gasteiger partial charge in [-0.1, -0.05) is 19.3 Å². The monoisotopic (exact) mass is 260 g/mol. The summed E-state index contributed by atoms with van der Waals surface area (Å²) in [6, 6.07) is 0. The third-order valence-electron chi connectivity index (χ3n) is 4.20. The van der Waals surface area contributed by atoms with E-state index < -0.39 is 0 Å². The number of hydrogen-bond donors (Lipinski definition) is 1. The van der Waals surface area contributed by atoms with Gasteiger partial charge >= 0.3 is 0 Å². The van der Waals surface area contributed by atoms with Gasteiger partial charge in [0.15, 0.2) is 0 Å². The third kappa shape index (κ3) is 3.59. The Bertz CT molecular complexity index is 240. The first-order valence-electron chi connectivity index (χ1n) is 6.82. The molecular weight excluding hydrogens is 236 g/mol. The van der Waals surface area contributed by atoms with Crippen LogP contribution in [0.25, 0.3) is 0 Å². The first-order valence-corrected chi connectivity index (χ1v) is 6.82. The minimum Gasteiger partial charge on any atom is -0.342 e. The molecule has 1 amide bonds. The average Bonchev–Trinajstić information content (AvgIpc) is 2.61. The van der Waals surface area contributed by atoms with Crippen molar-refractivity contribution in [3.63, 3.8) is 0 Å². The van der Waals surface area contributed by atoms with Crippen LogP contribution in [0.5, 0.6) is 0 Å². The summed E-state index contributed by atoms with van der Waals surface area (Å²) in [6.45, 7) is 2.64. The second-order valence-corrected chi connectivity index (χ2v) is 5.27. The molecule has 1 aliphatic carbocycles. The van der Waals surface area contributed by atoms with Gasteiger partial charge in [0, 0.05) is 19.0 Å². The number of nitrogens with zero attached hydrogens (tertiary/aromatic N) is 1. The molecule has 0 radical (unpaired) electrons. The van der Waals surface area contributed by atoms with Crippen molar-refractivity contribution in [2.24, 2.45) is 17.6 Å². The first kappa shape index (κ1) is 14.8. The molecule has 0 aromatic heterocycles. The fourth-order valence-corrected chi connectivity index (χ4v) is 3.17. The fourth-order valence-electron chi connectivity index (χ4n) is 3.17. The highest BCUT2D eigenvalue weighted by Gasteiger charge is 2.34. The van der Waals surface area contributed by atoms with Crippen LogP contribution in [0, 0.1) is 11.8 Å². The molecule has 0 bridgehead atoms. The first-order chi connectivity index (χ1) is 7.83. The van der Waals surface area contributed by atoms with E-state index in [1.807, 2.05) is 0 Å². The number of amides is 1. The van der Waals surface area contributed by atoms with E-state index in [0.717, 1.165) is 25.9 Å². The van der Waals surface area contributed by atoms with Crippen LogP contribution in [0.3, 0.4) is 0 Å². The summed E-state index contributed by atoms with van der Waals surface area (Å²) >= 11 is 0. The van der Waals surface area contributed by atoms with Gasteiger partial charge in [-0.05, 0) is 38.1 Å². The number of hydrogen-bond acceptors (Lipinski definition) is 2. The van der Waals surface area contributed by atoms with Gasteiger partial charge in [0.2, 0.25) is 5.91 Å². The maximum absolute atomic E-state index is 12.4. The molecule has 1 heterocycles. The number of rotatable bonds is 2. The maximum atomic E-state index is 12.4. The lowest BCUT2D eigenvalue weighted by molar-refractivity contribution is -0.136. The summed E-state index contributed by atoms with van der Waals surface area (Å²) in [6.07, 6.45) is 8.35. The Kier molecular flexibility index (Phi) is 6.28. The van der Waals surface area contributed by atoms with Gasteiger partial charge in [-0.2, -0.15) is 0 Å². The van der Waals surface area contributed by atoms with E-state index in [0.29, 0.717) is 18.4 Å². The molecule has 0 unspecified atom stereocenters. The molecule has 4 heteroatoms. The Morgan fingerprint density at radius 3 is 2.29 bits per heavy atom. The van der Waals surface area contributed by atoms with Crippen molar-refractivity contribution in [1.29, 1.82) is 0 Å². The molecule has 100 valence electrons. The fraction of sp³-hybridized carbons (Fsp3) is 0.923. The van der Waals surface area contributed by atoms with Crippen LogP contribution >= 0.6 is 12.4 Å². The van der Waals surface area contributed by atoms with Crippen LogP contribution in [-0.2, 0) is 4.79 Å². The third-order valence-corrected chi connectivity index (χ3v) is 4.20. The zero-order valence-electron chi connectivity index (χ0n) is 10.6. The van der Waals surface area contributed by atoms with Crippen LogP contribution in [0.1, 0.15) is 44.9 Å². The quantitative estimate of drug-likeness (QED) is 0.827. The normalized spacial score (nSPS) is 29.6. The molecule has 3 nitrogen and oxygen atoms in total. The molecule has 1 aliphatic heterocycles. The molecule has 1 saturated heterocycles. The van der Waals surface area contributed by atoms with E-state index in [1.54, 1.807) is 0 Å². The highest BCUT2D eigenvalue weighted by Crippen LogP contribution is 2.32. The van der Waals surface area contributed by atoms with E-state index in [9.17, 15) is 4.79 Å². The van der Waals surface area contributed by atoms with E-state index in [1.165, 1.54) is 32.1 Å². The molecule has 0 spiro atoms. The van der Waals surface area contributed by atoms with Crippen molar-refractivity contribution in [2.75, 3.05) is 19.6 Å². The second kappa shape index (κ2) is 7.22. The molecule has 2 N–H and O–H groups in total. The predicted molar refractivity (Wildman–Crippen MR) is 72.2 cm³/mol. The summed E-state index contributed by atoms with van der Waals surface area (Å²) in [4.78, 5) is 14.5. The Hall–Kier alpha value is -0.280. The zero-order chi connectivity index (χ0) is 11.4. The van der Waals surface area contributed by atoms with Crippen molar-refractivity contribution in [3.05, 3.63) is 0 Å². The topological polar surface area (TPSA) is 46.3 Å². The Labute approximate surface area is 111 Å². The molecule has 0 aromatic rings. The predicted octanol–water partition coefficient (Wildman–Crippen LogP) is 2.19. The number of nitrogens with two attached hydrogens (primary N) is 1. The van der Waals surface area contributed by atoms with E-state index in [4.69, 9.17) is 5.73 Å². The minimum atomic E-state index is 0. The van der Waals surface area contributed by atoms with Crippen molar-refractivity contribution >= 4 is 18.3 Å². The van der Waals surface area contributed by atoms with Gasteiger partial charge in [-0.25, -0.2) is 0 Å². The van der Waals surface area contributed by atoms with Gasteiger partial charge in [-0.15, -0.1) is 12.4 Å². The summed E-state index contributed by atoms with van der Waals surface area (Å²) in [5.74, 6) is 1.09. The lowest BCUT2D eigenvalue weighted by Gasteiger charge is -2.26. The van der Waals surface area contributed by atoms with Gasteiger partial charge < -0.3 is 10.6 Å². The van der Waals surface area contributed by atoms with Crippen LogP contribution < -0.4 is 5.73 Å².